The van der Waals surface area contributed by atoms with Crippen LogP contribution in [0, 0.1) is 24.2 Å². The number of hydrogen-bond acceptors (Lipinski definition) is 7. The molecular weight excluding hydrogens is 491 g/mol. The second kappa shape index (κ2) is 12.2. The minimum Gasteiger partial charge on any atom is -0.449 e. The Morgan fingerprint density at radius 2 is 2.03 bits per heavy atom. The number of aromatic nitrogens is 1. The summed E-state index contributed by atoms with van der Waals surface area (Å²) in [6.45, 7) is 12.5. The Morgan fingerprint density at radius 1 is 1.32 bits per heavy atom. The molecule has 2 aliphatic heterocycles. The number of ketones is 1. The van der Waals surface area contributed by atoms with Gasteiger partial charge in [-0.3, -0.25) is 9.59 Å². The number of carbonyl (C=O) groups excluding carboxylic acids is 2. The van der Waals surface area contributed by atoms with Crippen molar-refractivity contribution in [2.75, 3.05) is 0 Å². The number of hydrogen-bond donors (Lipinski definition) is 3. The number of nitrogens with zero attached hydrogens (tertiary/aromatic N) is 1. The average molecular weight is 535 g/mol. The van der Waals surface area contributed by atoms with Crippen molar-refractivity contribution in [3.63, 3.8) is 0 Å². The third kappa shape index (κ3) is 7.18. The molecule has 7 atom stereocenters. The number of ether oxygens (including phenoxy) is 1. The van der Waals surface area contributed by atoms with Gasteiger partial charge < -0.3 is 24.7 Å². The lowest BCUT2D eigenvalue weighted by molar-refractivity contribution is -0.144. The number of rotatable bonds is 5. The molecule has 2 saturated heterocycles. The second-order valence-corrected chi connectivity index (χ2v) is 11.7. The molecule has 3 rings (SSSR count). The second-order valence-electron chi connectivity index (χ2n) is 11.7. The van der Waals surface area contributed by atoms with E-state index in [-0.39, 0.29) is 24.2 Å². The van der Waals surface area contributed by atoms with Crippen molar-refractivity contribution in [1.29, 1.82) is 0 Å². The van der Waals surface area contributed by atoms with Crippen LogP contribution in [0.2, 0.25) is 0 Å². The first kappa shape index (κ1) is 30.2. The van der Waals surface area contributed by atoms with Crippen LogP contribution in [0.25, 0.3) is 6.08 Å². The van der Waals surface area contributed by atoms with Gasteiger partial charge in [0, 0.05) is 25.3 Å². The van der Waals surface area contributed by atoms with Crippen molar-refractivity contribution in [2.24, 2.45) is 17.3 Å². The number of amides is 1. The van der Waals surface area contributed by atoms with E-state index in [1.807, 2.05) is 13.8 Å². The van der Waals surface area contributed by atoms with E-state index < -0.39 is 53.3 Å². The molecule has 8 nitrogen and oxygen atoms in total. The van der Waals surface area contributed by atoms with Crippen LogP contribution in [0.5, 0.6) is 0 Å². The van der Waals surface area contributed by atoms with Crippen LogP contribution in [-0.4, -0.2) is 56.8 Å². The summed E-state index contributed by atoms with van der Waals surface area (Å²) in [7, 11) is 0. The van der Waals surface area contributed by atoms with E-state index in [9.17, 15) is 19.8 Å². The fourth-order valence-corrected chi connectivity index (χ4v) is 5.37. The Balaban J connectivity index is 1.88. The van der Waals surface area contributed by atoms with Crippen LogP contribution >= 0.6 is 0 Å². The zero-order valence-electron chi connectivity index (χ0n) is 23.2. The number of aryl methyl sites for hydroxylation is 1. The van der Waals surface area contributed by atoms with Gasteiger partial charge in [-0.25, -0.2) is 9.37 Å². The number of fused-ring (bicyclic) bond motifs is 1. The first-order valence-corrected chi connectivity index (χ1v) is 13.6. The number of oxazole rings is 1. The van der Waals surface area contributed by atoms with Crippen molar-refractivity contribution in [3.05, 3.63) is 36.3 Å². The minimum absolute atomic E-state index is 0.155. The molecule has 0 saturated carbocycles. The number of epoxide rings is 1. The topological polar surface area (TPSA) is 125 Å². The summed E-state index contributed by atoms with van der Waals surface area (Å²) in [6, 6.07) is -0.994. The Morgan fingerprint density at radius 3 is 2.66 bits per heavy atom. The molecule has 0 spiro atoms. The van der Waals surface area contributed by atoms with Crippen molar-refractivity contribution in [2.45, 2.75) is 110 Å². The third-order valence-corrected chi connectivity index (χ3v) is 8.27. The molecule has 1 aromatic heterocycles. The van der Waals surface area contributed by atoms with E-state index in [4.69, 9.17) is 9.15 Å². The third-order valence-electron chi connectivity index (χ3n) is 8.27. The molecule has 212 valence electrons. The molecule has 2 aliphatic rings. The van der Waals surface area contributed by atoms with Crippen LogP contribution in [0.4, 0.5) is 4.39 Å². The SMILES string of the molecule is C=CCC[C@H]1C(=O)C(C)(C)[C@@H](O)CC(=O)N[C@H](C(F)=Cc2coc(C)n2)CC2OC2(C)CCC[C@H](C)[C@H]1O. The first-order chi connectivity index (χ1) is 17.8. The van der Waals surface area contributed by atoms with Crippen molar-refractivity contribution >= 4 is 17.8 Å². The maximum Gasteiger partial charge on any atom is 0.223 e. The van der Waals surface area contributed by atoms with E-state index >= 15 is 4.39 Å². The van der Waals surface area contributed by atoms with Gasteiger partial charge in [0.25, 0.3) is 0 Å². The van der Waals surface area contributed by atoms with E-state index in [2.05, 4.69) is 16.9 Å². The van der Waals surface area contributed by atoms with E-state index in [0.29, 0.717) is 37.3 Å². The number of Topliss-reactive ketones (excluding diaryl/α,β-unsaturated/α-hetero) is 1. The van der Waals surface area contributed by atoms with Crippen LogP contribution in [0.1, 0.15) is 84.2 Å². The van der Waals surface area contributed by atoms with Gasteiger partial charge in [0.1, 0.15) is 23.6 Å². The molecule has 3 N–H and O–H groups in total. The van der Waals surface area contributed by atoms with Gasteiger partial charge in [-0.15, -0.1) is 6.58 Å². The largest absolute Gasteiger partial charge is 0.449 e. The molecule has 2 unspecified atom stereocenters. The van der Waals surface area contributed by atoms with E-state index in [1.165, 1.54) is 12.3 Å². The van der Waals surface area contributed by atoms with Gasteiger partial charge in [-0.05, 0) is 38.5 Å². The molecule has 0 radical (unpaired) electrons. The molecule has 3 heterocycles. The Bertz CT molecular complexity index is 1040. The fourth-order valence-electron chi connectivity index (χ4n) is 5.37. The lowest BCUT2D eigenvalue weighted by atomic mass is 9.71. The van der Waals surface area contributed by atoms with E-state index in [1.54, 1.807) is 26.8 Å². The molecule has 0 bridgehead atoms. The standard InChI is InChI=1S/C29H43FN2O6/c1-7-8-11-20-26(35)17(2)10-9-12-29(6)24(38-29)14-22(21(30)13-19-16-37-18(3)31-19)32-25(34)15-23(33)28(4,5)27(20)36/h7,13,16-17,20,22-24,26,33,35H,1,8-12,14-15H2,2-6H3,(H,32,34)/t17-,20+,22-,23-,24?,26+,29?/m0/s1. The highest BCUT2D eigenvalue weighted by Crippen LogP contribution is 2.44. The van der Waals surface area contributed by atoms with Crippen LogP contribution in [0.3, 0.4) is 0 Å². The zero-order valence-corrected chi connectivity index (χ0v) is 23.2. The van der Waals surface area contributed by atoms with E-state index in [0.717, 1.165) is 6.42 Å². The van der Waals surface area contributed by atoms with Crippen molar-refractivity contribution in [1.82, 2.24) is 10.3 Å². The summed E-state index contributed by atoms with van der Waals surface area (Å²) in [5.41, 5.74) is -1.47. The molecule has 0 aliphatic carbocycles. The quantitative estimate of drug-likeness (QED) is 0.377. The number of halogens is 1. The highest BCUT2D eigenvalue weighted by molar-refractivity contribution is 5.88. The van der Waals surface area contributed by atoms with Crippen LogP contribution < -0.4 is 5.32 Å². The summed E-state index contributed by atoms with van der Waals surface area (Å²) in [5, 5.41) is 24.9. The normalized spacial score (nSPS) is 35.3. The first-order valence-electron chi connectivity index (χ1n) is 13.6. The number of carbonyl (C=O) groups is 2. The molecular formula is C29H43FN2O6. The number of aliphatic hydroxyl groups excluding tert-OH is 2. The van der Waals surface area contributed by atoms with Gasteiger partial charge >= 0.3 is 0 Å². The summed E-state index contributed by atoms with van der Waals surface area (Å²) in [5.74, 6) is -1.95. The van der Waals surface area contributed by atoms with Crippen molar-refractivity contribution < 1.29 is 33.3 Å². The molecule has 9 heteroatoms. The molecule has 1 amide bonds. The van der Waals surface area contributed by atoms with Gasteiger partial charge in [0.15, 0.2) is 5.89 Å². The Hall–Kier alpha value is -2.36. The monoisotopic (exact) mass is 534 g/mol. The van der Waals surface area contributed by atoms with Gasteiger partial charge in [0.05, 0.1) is 41.8 Å². The highest BCUT2D eigenvalue weighted by Gasteiger charge is 2.53. The van der Waals surface area contributed by atoms with Gasteiger partial charge in [0.2, 0.25) is 5.91 Å². The fraction of sp³-hybridized carbons (Fsp3) is 0.690. The Kier molecular flexibility index (Phi) is 9.71. The van der Waals surface area contributed by atoms with Crippen LogP contribution in [0.15, 0.2) is 29.2 Å². The smallest absolute Gasteiger partial charge is 0.223 e. The summed E-state index contributed by atoms with van der Waals surface area (Å²) >= 11 is 0. The van der Waals surface area contributed by atoms with Crippen LogP contribution in [-0.2, 0) is 14.3 Å². The summed E-state index contributed by atoms with van der Waals surface area (Å²) in [4.78, 5) is 30.7. The molecule has 2 fully saturated rings. The lowest BCUT2D eigenvalue weighted by Crippen LogP contribution is -2.48. The lowest BCUT2D eigenvalue weighted by Gasteiger charge is -2.36. The number of allylic oxidation sites excluding steroid dienone is 1. The predicted octanol–water partition coefficient (Wildman–Crippen LogP) is 4.44. The van der Waals surface area contributed by atoms with Gasteiger partial charge in [-0.2, -0.15) is 0 Å². The van der Waals surface area contributed by atoms with Crippen molar-refractivity contribution in [3.8, 4) is 0 Å². The molecule has 38 heavy (non-hydrogen) atoms. The number of nitrogens with one attached hydrogen (secondary N) is 1. The zero-order chi connectivity index (χ0) is 28.3. The minimum atomic E-state index is -1.33. The summed E-state index contributed by atoms with van der Waals surface area (Å²) < 4.78 is 26.5. The molecule has 1 aromatic rings. The average Bonchev–Trinajstić information content (AvgIpc) is 3.29. The van der Waals surface area contributed by atoms with Gasteiger partial charge in [-0.1, -0.05) is 33.3 Å². The maximum absolute atomic E-state index is 15.4. The maximum atomic E-state index is 15.4. The molecule has 0 aromatic carbocycles. The number of aliphatic hydroxyl groups is 2. The highest BCUT2D eigenvalue weighted by atomic mass is 19.1. The Labute approximate surface area is 224 Å². The summed E-state index contributed by atoms with van der Waals surface area (Å²) in [6.07, 6.45) is 4.69. The predicted molar refractivity (Wildman–Crippen MR) is 142 cm³/mol.